The number of hydrogen-bond acceptors (Lipinski definition) is 4. The highest BCUT2D eigenvalue weighted by Crippen LogP contribution is 2.40. The zero-order chi connectivity index (χ0) is 19.8. The van der Waals surface area contributed by atoms with Gasteiger partial charge in [-0.05, 0) is 31.9 Å². The maximum atomic E-state index is 13.0. The van der Waals surface area contributed by atoms with Crippen LogP contribution >= 0.6 is 0 Å². The molecule has 6 heteroatoms. The first-order chi connectivity index (χ1) is 13.5. The molecule has 2 atom stereocenters. The molecule has 4 rings (SSSR count). The molecule has 2 unspecified atom stereocenters. The van der Waals surface area contributed by atoms with Crippen molar-refractivity contribution in [2.24, 2.45) is 5.92 Å². The molecule has 0 bridgehead atoms. The second kappa shape index (κ2) is 7.19. The van der Waals surface area contributed by atoms with Gasteiger partial charge in [0.15, 0.2) is 0 Å². The molecule has 1 N–H and O–H groups in total. The monoisotopic (exact) mass is 380 g/mol. The van der Waals surface area contributed by atoms with Crippen molar-refractivity contribution in [1.29, 1.82) is 0 Å². The highest BCUT2D eigenvalue weighted by molar-refractivity contribution is 6.12. The Kier molecular flexibility index (Phi) is 4.71. The van der Waals surface area contributed by atoms with Crippen LogP contribution < -0.4 is 15.0 Å². The predicted molar refractivity (Wildman–Crippen MR) is 109 cm³/mol. The highest BCUT2D eigenvalue weighted by Gasteiger charge is 2.39. The second-order valence-corrected chi connectivity index (χ2v) is 7.27. The minimum atomic E-state index is -0.662. The lowest BCUT2D eigenvalue weighted by Crippen LogP contribution is -2.40. The first-order valence-corrected chi connectivity index (χ1v) is 9.64. The first-order valence-electron chi connectivity index (χ1n) is 9.64. The van der Waals surface area contributed by atoms with Crippen LogP contribution in [0.4, 0.5) is 5.69 Å². The summed E-state index contributed by atoms with van der Waals surface area (Å²) in [5.74, 6) is -0.472. The van der Waals surface area contributed by atoms with Gasteiger partial charge in [0.05, 0.1) is 12.8 Å². The van der Waals surface area contributed by atoms with Gasteiger partial charge in [-0.25, -0.2) is 0 Å². The molecule has 3 aromatic rings. The van der Waals surface area contributed by atoms with E-state index in [-0.39, 0.29) is 17.9 Å². The Hall–Kier alpha value is -3.02. The highest BCUT2D eigenvalue weighted by atomic mass is 16.5. The van der Waals surface area contributed by atoms with Crippen molar-refractivity contribution in [1.82, 2.24) is 5.32 Å². The third-order valence-corrected chi connectivity index (χ3v) is 5.49. The van der Waals surface area contributed by atoms with Crippen LogP contribution in [0.25, 0.3) is 21.9 Å². The molecule has 6 nitrogen and oxygen atoms in total. The summed E-state index contributed by atoms with van der Waals surface area (Å²) in [7, 11) is 1.58. The number of carbonyl (C=O) groups excluding carboxylic acids is 2. The van der Waals surface area contributed by atoms with E-state index in [1.807, 2.05) is 50.2 Å². The summed E-state index contributed by atoms with van der Waals surface area (Å²) in [5, 5.41) is 4.85. The van der Waals surface area contributed by atoms with Gasteiger partial charge < -0.3 is 19.4 Å². The van der Waals surface area contributed by atoms with E-state index in [0.717, 1.165) is 22.8 Å². The largest absolute Gasteiger partial charge is 0.495 e. The maximum absolute atomic E-state index is 13.0. The van der Waals surface area contributed by atoms with Crippen molar-refractivity contribution in [3.05, 3.63) is 36.4 Å². The third kappa shape index (κ3) is 2.99. The fourth-order valence-corrected chi connectivity index (χ4v) is 3.72. The molecule has 28 heavy (non-hydrogen) atoms. The van der Waals surface area contributed by atoms with Crippen molar-refractivity contribution < 1.29 is 18.7 Å². The summed E-state index contributed by atoms with van der Waals surface area (Å²) in [5.41, 5.74) is 2.12. The molecule has 1 aliphatic rings. The number of benzene rings is 2. The molecular formula is C22H24N2O4. The average Bonchev–Trinajstić information content (AvgIpc) is 3.26. The van der Waals surface area contributed by atoms with E-state index in [2.05, 4.69) is 5.32 Å². The maximum Gasteiger partial charge on any atom is 0.239 e. The molecule has 146 valence electrons. The van der Waals surface area contributed by atoms with Gasteiger partial charge in [0, 0.05) is 29.4 Å². The number of carbonyl (C=O) groups is 2. The number of nitrogens with zero attached hydrogens (tertiary/aromatic N) is 1. The fraction of sp³-hybridized carbons (Fsp3) is 0.364. The number of hydrogen-bond donors (Lipinski definition) is 1. The number of fused-ring (bicyclic) bond motifs is 3. The number of furan rings is 1. The Morgan fingerprint density at radius 2 is 2.07 bits per heavy atom. The Morgan fingerprint density at radius 3 is 2.82 bits per heavy atom. The topological polar surface area (TPSA) is 71.8 Å². The zero-order valence-electron chi connectivity index (χ0n) is 16.3. The Balaban J connectivity index is 1.69. The van der Waals surface area contributed by atoms with Crippen LogP contribution in [0, 0.1) is 5.92 Å². The van der Waals surface area contributed by atoms with Crippen molar-refractivity contribution >= 4 is 39.4 Å². The van der Waals surface area contributed by atoms with Crippen molar-refractivity contribution in [2.75, 3.05) is 18.6 Å². The fourth-order valence-electron chi connectivity index (χ4n) is 3.72. The quantitative estimate of drug-likeness (QED) is 0.682. The Morgan fingerprint density at radius 1 is 1.29 bits per heavy atom. The normalized spacial score (nSPS) is 18.0. The van der Waals surface area contributed by atoms with E-state index in [1.54, 1.807) is 12.0 Å². The van der Waals surface area contributed by atoms with E-state index < -0.39 is 5.92 Å². The van der Waals surface area contributed by atoms with Gasteiger partial charge in [-0.3, -0.25) is 9.59 Å². The lowest BCUT2D eigenvalue weighted by molar-refractivity contribution is -0.132. The number of methoxy groups -OCH3 is 1. The van der Waals surface area contributed by atoms with Crippen LogP contribution in [-0.4, -0.2) is 31.5 Å². The zero-order valence-corrected chi connectivity index (χ0v) is 16.3. The van der Waals surface area contributed by atoms with Crippen LogP contribution in [0.15, 0.2) is 40.8 Å². The van der Waals surface area contributed by atoms with Crippen LogP contribution in [-0.2, 0) is 9.59 Å². The van der Waals surface area contributed by atoms with E-state index in [9.17, 15) is 9.59 Å². The molecule has 0 aliphatic carbocycles. The molecule has 1 aliphatic heterocycles. The van der Waals surface area contributed by atoms with Crippen LogP contribution in [0.1, 0.15) is 26.7 Å². The van der Waals surface area contributed by atoms with E-state index in [4.69, 9.17) is 9.15 Å². The first kappa shape index (κ1) is 18.3. The molecule has 2 heterocycles. The molecule has 2 aromatic carbocycles. The summed E-state index contributed by atoms with van der Waals surface area (Å²) in [6.07, 6.45) is 1.31. The molecule has 1 aromatic heterocycles. The van der Waals surface area contributed by atoms with Gasteiger partial charge in [0.1, 0.15) is 22.8 Å². The number of nitrogens with one attached hydrogen (secondary N) is 1. The van der Waals surface area contributed by atoms with E-state index in [1.165, 1.54) is 0 Å². The van der Waals surface area contributed by atoms with Crippen molar-refractivity contribution in [3.8, 4) is 5.75 Å². The minimum Gasteiger partial charge on any atom is -0.495 e. The van der Waals surface area contributed by atoms with Gasteiger partial charge in [-0.2, -0.15) is 0 Å². The summed E-state index contributed by atoms with van der Waals surface area (Å²) >= 11 is 0. The molecule has 0 saturated carbocycles. The Bertz CT molecular complexity index is 1060. The van der Waals surface area contributed by atoms with Crippen molar-refractivity contribution in [2.45, 2.75) is 32.7 Å². The lowest BCUT2D eigenvalue weighted by Gasteiger charge is -2.20. The average molecular weight is 380 g/mol. The third-order valence-electron chi connectivity index (χ3n) is 5.49. The number of rotatable bonds is 5. The molecule has 0 spiro atoms. The van der Waals surface area contributed by atoms with Crippen LogP contribution in [0.2, 0.25) is 0 Å². The van der Waals surface area contributed by atoms with Gasteiger partial charge in [-0.15, -0.1) is 0 Å². The van der Waals surface area contributed by atoms with Crippen LogP contribution in [0.5, 0.6) is 5.75 Å². The lowest BCUT2D eigenvalue weighted by atomic mass is 10.1. The van der Waals surface area contributed by atoms with Gasteiger partial charge in [0.2, 0.25) is 11.8 Å². The molecular weight excluding hydrogens is 356 g/mol. The summed E-state index contributed by atoms with van der Waals surface area (Å²) in [6.45, 7) is 4.41. The van der Waals surface area contributed by atoms with Crippen molar-refractivity contribution in [3.63, 3.8) is 0 Å². The van der Waals surface area contributed by atoms with E-state index >= 15 is 0 Å². The molecule has 0 radical (unpaired) electrons. The standard InChI is InChI=1S/C22H24N2O4/c1-4-13(2)23-21(25)15-9-10-24(22(15)26)17-12-19-16(11-20(17)27-3)14-7-5-6-8-18(14)28-19/h5-8,11-13,15H,4,9-10H2,1-3H3,(H,23,25). The summed E-state index contributed by atoms with van der Waals surface area (Å²) < 4.78 is 11.5. The van der Waals surface area contributed by atoms with Gasteiger partial charge in [0.25, 0.3) is 0 Å². The SMILES string of the molecule is CCC(C)NC(=O)C1CCN(c2cc3oc4ccccc4c3cc2OC)C1=O. The molecule has 1 fully saturated rings. The smallest absolute Gasteiger partial charge is 0.239 e. The Labute approximate surface area is 163 Å². The number of anilines is 1. The second-order valence-electron chi connectivity index (χ2n) is 7.27. The summed E-state index contributed by atoms with van der Waals surface area (Å²) in [6, 6.07) is 11.6. The minimum absolute atomic E-state index is 0.0517. The van der Waals surface area contributed by atoms with Gasteiger partial charge >= 0.3 is 0 Å². The number of ether oxygens (including phenoxy) is 1. The number of para-hydroxylation sites is 1. The predicted octanol–water partition coefficient (Wildman–Crippen LogP) is 3.86. The van der Waals surface area contributed by atoms with Crippen LogP contribution in [0.3, 0.4) is 0 Å². The summed E-state index contributed by atoms with van der Waals surface area (Å²) in [4.78, 5) is 27.1. The molecule has 2 amide bonds. The molecule has 1 saturated heterocycles. The number of amides is 2. The van der Waals surface area contributed by atoms with Gasteiger partial charge in [-0.1, -0.05) is 25.1 Å². The van der Waals surface area contributed by atoms with E-state index in [0.29, 0.717) is 30.0 Å².